The summed E-state index contributed by atoms with van der Waals surface area (Å²) in [5.41, 5.74) is 10.3. The molecular weight excluding hydrogens is 292 g/mol. The Labute approximate surface area is 126 Å². The predicted octanol–water partition coefficient (Wildman–Crippen LogP) is 3.51. The van der Waals surface area contributed by atoms with Crippen LogP contribution in [0.5, 0.6) is 0 Å². The number of rotatable bonds is 3. The maximum Gasteiger partial charge on any atom is 0.228 e. The first-order valence-electron chi connectivity index (χ1n) is 6.54. The van der Waals surface area contributed by atoms with Gasteiger partial charge in [-0.3, -0.25) is 4.79 Å². The van der Waals surface area contributed by atoms with E-state index in [4.69, 9.17) is 17.3 Å². The molecule has 1 atom stereocenters. The van der Waals surface area contributed by atoms with Crippen molar-refractivity contribution in [1.29, 1.82) is 0 Å². The highest BCUT2D eigenvalue weighted by molar-refractivity contribution is 7.10. The first-order valence-corrected chi connectivity index (χ1v) is 7.80. The van der Waals surface area contributed by atoms with Crippen LogP contribution in [0.2, 0.25) is 5.02 Å². The summed E-state index contributed by atoms with van der Waals surface area (Å²) >= 11 is 7.99. The Hall–Kier alpha value is -1.36. The molecule has 1 aromatic heterocycles. The lowest BCUT2D eigenvalue weighted by atomic mass is 9.99. The molecule has 0 saturated heterocycles. The van der Waals surface area contributed by atoms with Crippen LogP contribution in [0.15, 0.2) is 23.6 Å². The largest absolute Gasteiger partial charge is 0.325 e. The Morgan fingerprint density at radius 1 is 1.50 bits per heavy atom. The van der Waals surface area contributed by atoms with Crippen LogP contribution in [-0.4, -0.2) is 5.91 Å². The van der Waals surface area contributed by atoms with Crippen molar-refractivity contribution >= 4 is 34.5 Å². The maximum absolute atomic E-state index is 11.4. The Bertz CT molecular complexity index is 681. The van der Waals surface area contributed by atoms with Crippen molar-refractivity contribution in [2.75, 3.05) is 5.32 Å². The quantitative estimate of drug-likeness (QED) is 0.912. The van der Waals surface area contributed by atoms with Crippen molar-refractivity contribution in [3.8, 4) is 0 Å². The van der Waals surface area contributed by atoms with Crippen molar-refractivity contribution in [3.05, 3.63) is 50.2 Å². The molecule has 0 saturated carbocycles. The number of aryl methyl sites for hydroxylation is 1. The van der Waals surface area contributed by atoms with Crippen LogP contribution < -0.4 is 11.1 Å². The van der Waals surface area contributed by atoms with Crippen LogP contribution in [0, 0.1) is 0 Å². The second-order valence-electron chi connectivity index (χ2n) is 4.90. The van der Waals surface area contributed by atoms with E-state index in [1.165, 1.54) is 5.56 Å². The van der Waals surface area contributed by atoms with E-state index in [1.54, 1.807) is 17.4 Å². The zero-order valence-electron chi connectivity index (χ0n) is 11.1. The van der Waals surface area contributed by atoms with Gasteiger partial charge in [0.25, 0.3) is 0 Å². The minimum absolute atomic E-state index is 0.00663. The second kappa shape index (κ2) is 5.20. The normalized spacial score (nSPS) is 15.1. The van der Waals surface area contributed by atoms with E-state index in [9.17, 15) is 4.79 Å². The summed E-state index contributed by atoms with van der Waals surface area (Å²) in [5.74, 6) is 0.00663. The van der Waals surface area contributed by atoms with Gasteiger partial charge < -0.3 is 11.1 Å². The molecule has 20 heavy (non-hydrogen) atoms. The average Bonchev–Trinajstić information content (AvgIpc) is 3.01. The maximum atomic E-state index is 11.4. The molecule has 5 heteroatoms. The van der Waals surface area contributed by atoms with Crippen molar-refractivity contribution in [2.45, 2.75) is 25.8 Å². The van der Waals surface area contributed by atoms with Gasteiger partial charge in [-0.15, -0.1) is 11.3 Å². The van der Waals surface area contributed by atoms with E-state index in [0.29, 0.717) is 11.4 Å². The molecule has 0 bridgehead atoms. The summed E-state index contributed by atoms with van der Waals surface area (Å²) in [6.45, 7) is 2.12. The molecule has 104 valence electrons. The van der Waals surface area contributed by atoms with E-state index in [2.05, 4.69) is 23.7 Å². The summed E-state index contributed by atoms with van der Waals surface area (Å²) in [6.07, 6.45) is 1.35. The molecule has 2 aromatic rings. The molecule has 1 aliphatic rings. The third kappa shape index (κ3) is 2.24. The molecule has 2 heterocycles. The number of anilines is 1. The Kier molecular flexibility index (Phi) is 3.54. The van der Waals surface area contributed by atoms with Gasteiger partial charge in [0.15, 0.2) is 0 Å². The number of carbonyl (C=O) groups excluding carboxylic acids is 1. The van der Waals surface area contributed by atoms with Gasteiger partial charge in [0.1, 0.15) is 0 Å². The number of thiophene rings is 1. The van der Waals surface area contributed by atoms with Crippen LogP contribution in [-0.2, 0) is 17.6 Å². The van der Waals surface area contributed by atoms with Gasteiger partial charge in [-0.1, -0.05) is 18.5 Å². The first kappa shape index (κ1) is 13.6. The van der Waals surface area contributed by atoms with Gasteiger partial charge in [-0.25, -0.2) is 0 Å². The molecule has 3 rings (SSSR count). The lowest BCUT2D eigenvalue weighted by molar-refractivity contribution is -0.115. The molecule has 1 aliphatic heterocycles. The minimum Gasteiger partial charge on any atom is -0.325 e. The molecule has 3 nitrogen and oxygen atoms in total. The number of carbonyl (C=O) groups is 1. The Morgan fingerprint density at radius 2 is 2.30 bits per heavy atom. The van der Waals surface area contributed by atoms with E-state index in [0.717, 1.165) is 28.1 Å². The topological polar surface area (TPSA) is 55.1 Å². The van der Waals surface area contributed by atoms with E-state index >= 15 is 0 Å². The standard InChI is InChI=1S/C15H15ClN2OS/c1-2-8-3-4-20-15(8)14(17)10-5-9-6-13(19)18-12(9)7-11(10)16/h3-5,7,14H,2,6,17H2,1H3,(H,18,19). The number of benzene rings is 1. The zero-order valence-corrected chi connectivity index (χ0v) is 12.6. The van der Waals surface area contributed by atoms with Gasteiger partial charge >= 0.3 is 0 Å². The summed E-state index contributed by atoms with van der Waals surface area (Å²) in [7, 11) is 0. The molecule has 0 fully saturated rings. The number of hydrogen-bond donors (Lipinski definition) is 2. The monoisotopic (exact) mass is 306 g/mol. The predicted molar refractivity (Wildman–Crippen MR) is 83.5 cm³/mol. The number of amides is 1. The molecule has 0 spiro atoms. The first-order chi connectivity index (χ1) is 9.60. The van der Waals surface area contributed by atoms with Crippen molar-refractivity contribution < 1.29 is 4.79 Å². The fourth-order valence-corrected chi connectivity index (χ4v) is 3.86. The highest BCUT2D eigenvalue weighted by Gasteiger charge is 2.23. The lowest BCUT2D eigenvalue weighted by Crippen LogP contribution is -2.13. The molecular formula is C15H15ClN2OS. The van der Waals surface area contributed by atoms with Crippen molar-refractivity contribution in [2.24, 2.45) is 5.73 Å². The van der Waals surface area contributed by atoms with Gasteiger partial charge in [0.2, 0.25) is 5.91 Å². The number of halogens is 1. The fraction of sp³-hybridized carbons (Fsp3) is 0.267. The highest BCUT2D eigenvalue weighted by Crippen LogP contribution is 2.36. The van der Waals surface area contributed by atoms with Crippen LogP contribution in [0.25, 0.3) is 0 Å². The molecule has 1 unspecified atom stereocenters. The van der Waals surface area contributed by atoms with Crippen LogP contribution in [0.1, 0.15) is 34.5 Å². The van der Waals surface area contributed by atoms with Crippen LogP contribution in [0.3, 0.4) is 0 Å². The summed E-state index contributed by atoms with van der Waals surface area (Å²) in [6, 6.07) is 5.63. The summed E-state index contributed by atoms with van der Waals surface area (Å²) in [5, 5.41) is 5.46. The number of hydrogen-bond acceptors (Lipinski definition) is 3. The van der Waals surface area contributed by atoms with Crippen molar-refractivity contribution in [1.82, 2.24) is 0 Å². The summed E-state index contributed by atoms with van der Waals surface area (Å²) < 4.78 is 0. The third-order valence-electron chi connectivity index (χ3n) is 3.63. The lowest BCUT2D eigenvalue weighted by Gasteiger charge is -2.15. The molecule has 0 aliphatic carbocycles. The second-order valence-corrected chi connectivity index (χ2v) is 6.25. The molecule has 1 amide bonds. The number of nitrogens with two attached hydrogens (primary N) is 1. The fourth-order valence-electron chi connectivity index (χ4n) is 2.56. The number of nitrogens with one attached hydrogen (secondary N) is 1. The highest BCUT2D eigenvalue weighted by atomic mass is 35.5. The van der Waals surface area contributed by atoms with E-state index < -0.39 is 0 Å². The van der Waals surface area contributed by atoms with E-state index in [1.807, 2.05) is 6.07 Å². The van der Waals surface area contributed by atoms with Crippen molar-refractivity contribution in [3.63, 3.8) is 0 Å². The van der Waals surface area contributed by atoms with E-state index in [-0.39, 0.29) is 11.9 Å². The van der Waals surface area contributed by atoms with Crippen LogP contribution >= 0.6 is 22.9 Å². The molecule has 0 radical (unpaired) electrons. The summed E-state index contributed by atoms with van der Waals surface area (Å²) in [4.78, 5) is 12.6. The third-order valence-corrected chi connectivity index (χ3v) is 5.00. The molecule has 3 N–H and O–H groups in total. The Morgan fingerprint density at radius 3 is 3.05 bits per heavy atom. The molecule has 1 aromatic carbocycles. The average molecular weight is 307 g/mol. The Balaban J connectivity index is 2.03. The number of fused-ring (bicyclic) bond motifs is 1. The zero-order chi connectivity index (χ0) is 14.3. The van der Waals surface area contributed by atoms with Gasteiger partial charge in [0.05, 0.1) is 12.5 Å². The van der Waals surface area contributed by atoms with Gasteiger partial charge in [0, 0.05) is 15.6 Å². The smallest absolute Gasteiger partial charge is 0.228 e. The van der Waals surface area contributed by atoms with Gasteiger partial charge in [-0.05, 0) is 46.7 Å². The van der Waals surface area contributed by atoms with Gasteiger partial charge in [-0.2, -0.15) is 0 Å². The SMILES string of the molecule is CCc1ccsc1C(N)c1cc2c(cc1Cl)NC(=O)C2. The minimum atomic E-state index is -0.238. The van der Waals surface area contributed by atoms with Crippen LogP contribution in [0.4, 0.5) is 5.69 Å².